The van der Waals surface area contributed by atoms with E-state index in [4.69, 9.17) is 15.2 Å². The molecular formula is C16H25NO2. The zero-order chi connectivity index (χ0) is 14.0. The van der Waals surface area contributed by atoms with Crippen molar-refractivity contribution in [2.24, 2.45) is 17.6 Å². The van der Waals surface area contributed by atoms with E-state index in [1.54, 1.807) is 0 Å². The van der Waals surface area contributed by atoms with Gasteiger partial charge in [0.2, 0.25) is 0 Å². The Morgan fingerprint density at radius 2 is 1.89 bits per heavy atom. The van der Waals surface area contributed by atoms with Crippen molar-refractivity contribution >= 4 is 0 Å². The van der Waals surface area contributed by atoms with Gasteiger partial charge in [-0.1, -0.05) is 25.1 Å². The second-order valence-corrected chi connectivity index (χ2v) is 5.48. The van der Waals surface area contributed by atoms with Crippen LogP contribution in [-0.4, -0.2) is 18.8 Å². The molecule has 5 atom stereocenters. The van der Waals surface area contributed by atoms with Crippen LogP contribution in [0.15, 0.2) is 24.3 Å². The molecule has 1 heterocycles. The van der Waals surface area contributed by atoms with E-state index < -0.39 is 0 Å². The highest BCUT2D eigenvalue weighted by Gasteiger charge is 2.41. The monoisotopic (exact) mass is 263 g/mol. The maximum Gasteiger partial charge on any atom is 0.124 e. The number of hydrogen-bond donors (Lipinski definition) is 1. The minimum atomic E-state index is -0.0438. The summed E-state index contributed by atoms with van der Waals surface area (Å²) in [6, 6.07) is 8.03. The molecule has 1 aromatic carbocycles. The average Bonchev–Trinajstić information content (AvgIpc) is 2.64. The van der Waals surface area contributed by atoms with E-state index in [0.717, 1.165) is 11.3 Å². The Labute approximate surface area is 116 Å². The van der Waals surface area contributed by atoms with Crippen molar-refractivity contribution in [3.8, 4) is 5.75 Å². The molecule has 0 aromatic heterocycles. The summed E-state index contributed by atoms with van der Waals surface area (Å²) in [5.41, 5.74) is 7.60. The molecular weight excluding hydrogens is 238 g/mol. The topological polar surface area (TPSA) is 44.5 Å². The van der Waals surface area contributed by atoms with E-state index in [2.05, 4.69) is 26.8 Å². The zero-order valence-electron chi connectivity index (χ0n) is 12.3. The summed E-state index contributed by atoms with van der Waals surface area (Å²) in [7, 11) is 0. The number of rotatable bonds is 4. The van der Waals surface area contributed by atoms with Gasteiger partial charge in [-0.15, -0.1) is 0 Å². The maximum atomic E-state index is 6.51. The van der Waals surface area contributed by atoms with Crippen molar-refractivity contribution in [2.45, 2.75) is 45.9 Å². The van der Waals surface area contributed by atoms with Crippen LogP contribution in [0.5, 0.6) is 5.75 Å². The number of hydrogen-bond acceptors (Lipinski definition) is 3. The Bertz CT molecular complexity index is 421. The quantitative estimate of drug-likeness (QED) is 0.907. The predicted molar refractivity (Wildman–Crippen MR) is 77.2 cm³/mol. The summed E-state index contributed by atoms with van der Waals surface area (Å²) in [6.45, 7) is 9.12. The Hall–Kier alpha value is -1.06. The molecule has 0 saturated carbocycles. The molecule has 2 N–H and O–H groups in total. The van der Waals surface area contributed by atoms with Crippen LogP contribution in [0.1, 0.15) is 39.3 Å². The van der Waals surface area contributed by atoms with Gasteiger partial charge in [0.05, 0.1) is 18.8 Å². The highest BCUT2D eigenvalue weighted by molar-refractivity contribution is 5.36. The molecule has 2 rings (SSSR count). The smallest absolute Gasteiger partial charge is 0.124 e. The third-order valence-corrected chi connectivity index (χ3v) is 4.31. The van der Waals surface area contributed by atoms with Crippen molar-refractivity contribution in [1.29, 1.82) is 0 Å². The second kappa shape index (κ2) is 5.93. The van der Waals surface area contributed by atoms with Gasteiger partial charge in [0.1, 0.15) is 5.75 Å². The predicted octanol–water partition coefficient (Wildman–Crippen LogP) is 3.14. The second-order valence-electron chi connectivity index (χ2n) is 5.48. The number of benzene rings is 1. The standard InChI is InChI=1S/C16H25NO2/c1-5-18-14-9-7-6-8-13(14)16(17)15-10(2)11(3)19-12(15)4/h6-12,15-16H,5,17H2,1-4H3. The van der Waals surface area contributed by atoms with Gasteiger partial charge in [0.15, 0.2) is 0 Å². The van der Waals surface area contributed by atoms with Gasteiger partial charge in [-0.25, -0.2) is 0 Å². The Morgan fingerprint density at radius 3 is 2.47 bits per heavy atom. The maximum absolute atomic E-state index is 6.51. The first-order chi connectivity index (χ1) is 9.06. The van der Waals surface area contributed by atoms with E-state index in [1.807, 2.05) is 25.1 Å². The molecule has 0 aliphatic carbocycles. The van der Waals surface area contributed by atoms with Gasteiger partial charge in [-0.2, -0.15) is 0 Å². The first-order valence-electron chi connectivity index (χ1n) is 7.19. The summed E-state index contributed by atoms with van der Waals surface area (Å²) in [6.07, 6.45) is 0.458. The molecule has 3 nitrogen and oxygen atoms in total. The van der Waals surface area contributed by atoms with Crippen LogP contribution in [0, 0.1) is 11.8 Å². The summed E-state index contributed by atoms with van der Waals surface area (Å²) in [5, 5.41) is 0. The third kappa shape index (κ3) is 2.77. The van der Waals surface area contributed by atoms with Crippen molar-refractivity contribution in [2.75, 3.05) is 6.61 Å². The van der Waals surface area contributed by atoms with E-state index >= 15 is 0 Å². The van der Waals surface area contributed by atoms with Crippen molar-refractivity contribution in [3.05, 3.63) is 29.8 Å². The molecule has 1 aliphatic heterocycles. The van der Waals surface area contributed by atoms with Crippen LogP contribution >= 0.6 is 0 Å². The van der Waals surface area contributed by atoms with Crippen LogP contribution < -0.4 is 10.5 Å². The van der Waals surface area contributed by atoms with Crippen LogP contribution in [0.2, 0.25) is 0 Å². The molecule has 1 saturated heterocycles. The molecule has 0 bridgehead atoms. The normalized spacial score (nSPS) is 32.3. The zero-order valence-corrected chi connectivity index (χ0v) is 12.3. The number of nitrogens with two attached hydrogens (primary N) is 1. The fourth-order valence-electron chi connectivity index (χ4n) is 3.16. The summed E-state index contributed by atoms with van der Waals surface area (Å²) in [4.78, 5) is 0. The molecule has 1 fully saturated rings. The highest BCUT2D eigenvalue weighted by Crippen LogP contribution is 2.41. The highest BCUT2D eigenvalue weighted by atomic mass is 16.5. The Kier molecular flexibility index (Phi) is 4.48. The van der Waals surface area contributed by atoms with Crippen molar-refractivity contribution < 1.29 is 9.47 Å². The van der Waals surface area contributed by atoms with Crippen LogP contribution in [0.4, 0.5) is 0 Å². The van der Waals surface area contributed by atoms with Gasteiger partial charge < -0.3 is 15.2 Å². The molecule has 0 amide bonds. The Balaban J connectivity index is 2.26. The largest absolute Gasteiger partial charge is 0.494 e. The first kappa shape index (κ1) is 14.4. The van der Waals surface area contributed by atoms with Crippen LogP contribution in [0.3, 0.4) is 0 Å². The SMILES string of the molecule is CCOc1ccccc1C(N)C1C(C)OC(C)C1C. The van der Waals surface area contributed by atoms with Gasteiger partial charge in [-0.3, -0.25) is 0 Å². The molecule has 0 spiro atoms. The number of para-hydroxylation sites is 1. The van der Waals surface area contributed by atoms with E-state index in [-0.39, 0.29) is 18.2 Å². The van der Waals surface area contributed by atoms with Gasteiger partial charge >= 0.3 is 0 Å². The molecule has 5 unspecified atom stereocenters. The molecule has 3 heteroatoms. The lowest BCUT2D eigenvalue weighted by Gasteiger charge is -2.27. The molecule has 1 aliphatic rings. The lowest BCUT2D eigenvalue weighted by molar-refractivity contribution is 0.0488. The minimum Gasteiger partial charge on any atom is -0.494 e. The lowest BCUT2D eigenvalue weighted by Crippen LogP contribution is -2.31. The van der Waals surface area contributed by atoms with Crippen LogP contribution in [0.25, 0.3) is 0 Å². The summed E-state index contributed by atoms with van der Waals surface area (Å²) in [5.74, 6) is 1.69. The fourth-order valence-corrected chi connectivity index (χ4v) is 3.16. The van der Waals surface area contributed by atoms with E-state index in [9.17, 15) is 0 Å². The van der Waals surface area contributed by atoms with Gasteiger partial charge in [-0.05, 0) is 32.8 Å². The van der Waals surface area contributed by atoms with Gasteiger partial charge in [0.25, 0.3) is 0 Å². The first-order valence-corrected chi connectivity index (χ1v) is 7.19. The van der Waals surface area contributed by atoms with Crippen molar-refractivity contribution in [3.63, 3.8) is 0 Å². The van der Waals surface area contributed by atoms with E-state index in [0.29, 0.717) is 18.4 Å². The number of ether oxygens (including phenoxy) is 2. The Morgan fingerprint density at radius 1 is 1.21 bits per heavy atom. The van der Waals surface area contributed by atoms with E-state index in [1.165, 1.54) is 0 Å². The van der Waals surface area contributed by atoms with Crippen LogP contribution in [-0.2, 0) is 4.74 Å². The lowest BCUT2D eigenvalue weighted by atomic mass is 9.81. The summed E-state index contributed by atoms with van der Waals surface area (Å²) < 4.78 is 11.6. The molecule has 1 aromatic rings. The van der Waals surface area contributed by atoms with Crippen molar-refractivity contribution in [1.82, 2.24) is 0 Å². The van der Waals surface area contributed by atoms with Gasteiger partial charge in [0, 0.05) is 17.5 Å². The molecule has 0 radical (unpaired) electrons. The molecule has 19 heavy (non-hydrogen) atoms. The average molecular weight is 263 g/mol. The molecule has 106 valence electrons. The minimum absolute atomic E-state index is 0.0438. The summed E-state index contributed by atoms with van der Waals surface area (Å²) >= 11 is 0. The third-order valence-electron chi connectivity index (χ3n) is 4.31. The fraction of sp³-hybridized carbons (Fsp3) is 0.625.